The number of hydrazine groups is 1. The van der Waals surface area contributed by atoms with E-state index in [1.807, 2.05) is 57.2 Å². The fourth-order valence-corrected chi connectivity index (χ4v) is 3.51. The lowest BCUT2D eigenvalue weighted by atomic mass is 10.2. The molecule has 0 heterocycles. The lowest BCUT2D eigenvalue weighted by Gasteiger charge is -2.27. The van der Waals surface area contributed by atoms with Crippen LogP contribution in [0.1, 0.15) is 18.1 Å². The number of hydrogen-bond donors (Lipinski definition) is 1. The number of carbonyl (C=O) groups is 1. The maximum Gasteiger partial charge on any atom is 0.259 e. The van der Waals surface area contributed by atoms with Gasteiger partial charge in [0, 0.05) is 6.54 Å². The first kappa shape index (κ1) is 19.8. The van der Waals surface area contributed by atoms with Crippen LogP contribution in [0.5, 0.6) is 0 Å². The van der Waals surface area contributed by atoms with E-state index in [4.69, 9.17) is 0 Å². The van der Waals surface area contributed by atoms with Crippen molar-refractivity contribution < 1.29 is 13.2 Å². The molecule has 2 rings (SSSR count). The van der Waals surface area contributed by atoms with E-state index in [1.165, 1.54) is 0 Å². The number of amides is 1. The van der Waals surface area contributed by atoms with E-state index in [-0.39, 0.29) is 6.54 Å². The molecule has 2 aromatic rings. The monoisotopic (exact) mass is 375 g/mol. The maximum absolute atomic E-state index is 12.5. The van der Waals surface area contributed by atoms with Crippen LogP contribution in [0.2, 0.25) is 0 Å². The molecule has 1 amide bonds. The highest BCUT2D eigenvalue weighted by molar-refractivity contribution is 7.92. The zero-order valence-electron chi connectivity index (χ0n) is 15.6. The molecule has 0 aromatic heterocycles. The molecule has 0 radical (unpaired) electrons. The van der Waals surface area contributed by atoms with Gasteiger partial charge in [-0.1, -0.05) is 35.9 Å². The molecule has 0 spiro atoms. The van der Waals surface area contributed by atoms with E-state index in [9.17, 15) is 13.2 Å². The highest BCUT2D eigenvalue weighted by Crippen LogP contribution is 2.21. The summed E-state index contributed by atoms with van der Waals surface area (Å²) in [6.07, 6.45) is 1.10. The van der Waals surface area contributed by atoms with Crippen molar-refractivity contribution >= 4 is 27.3 Å². The summed E-state index contributed by atoms with van der Waals surface area (Å²) in [7, 11) is -3.59. The van der Waals surface area contributed by atoms with E-state index in [0.29, 0.717) is 12.2 Å². The molecule has 1 N–H and O–H groups in total. The summed E-state index contributed by atoms with van der Waals surface area (Å²) < 4.78 is 25.6. The number of carbonyl (C=O) groups excluding carboxylic acids is 1. The van der Waals surface area contributed by atoms with Crippen LogP contribution in [-0.2, 0) is 14.8 Å². The number of hydrogen-bond acceptors (Lipinski definition) is 4. The van der Waals surface area contributed by atoms with Gasteiger partial charge in [-0.05, 0) is 44.5 Å². The predicted molar refractivity (Wildman–Crippen MR) is 106 cm³/mol. The van der Waals surface area contributed by atoms with Gasteiger partial charge in [-0.2, -0.15) is 0 Å². The molecular formula is C19H25N3O3S. The van der Waals surface area contributed by atoms with Gasteiger partial charge >= 0.3 is 0 Å². The van der Waals surface area contributed by atoms with Crippen LogP contribution in [0, 0.1) is 13.8 Å². The van der Waals surface area contributed by atoms with E-state index in [2.05, 4.69) is 5.43 Å². The Hall–Kier alpha value is -2.54. The van der Waals surface area contributed by atoms with E-state index in [1.54, 1.807) is 17.1 Å². The van der Waals surface area contributed by atoms with Gasteiger partial charge in [0.05, 0.1) is 17.6 Å². The van der Waals surface area contributed by atoms with Crippen LogP contribution in [0.4, 0.5) is 11.4 Å². The molecule has 140 valence electrons. The van der Waals surface area contributed by atoms with Gasteiger partial charge in [-0.15, -0.1) is 0 Å². The Morgan fingerprint density at radius 3 is 2.19 bits per heavy atom. The molecule has 0 saturated carbocycles. The second-order valence-electron chi connectivity index (χ2n) is 6.17. The molecule has 0 bridgehead atoms. The van der Waals surface area contributed by atoms with Gasteiger partial charge in [0.25, 0.3) is 5.91 Å². The average Bonchev–Trinajstić information content (AvgIpc) is 2.58. The minimum absolute atomic E-state index is 0.286. The Morgan fingerprint density at radius 1 is 1.04 bits per heavy atom. The summed E-state index contributed by atoms with van der Waals surface area (Å²) in [6, 6.07) is 14.8. The van der Waals surface area contributed by atoms with Gasteiger partial charge in [-0.25, -0.2) is 8.42 Å². The number of nitrogens with zero attached hydrogens (tertiary/aromatic N) is 2. The van der Waals surface area contributed by atoms with Crippen molar-refractivity contribution in [1.82, 2.24) is 5.43 Å². The van der Waals surface area contributed by atoms with Crippen molar-refractivity contribution in [3.63, 3.8) is 0 Å². The van der Waals surface area contributed by atoms with E-state index < -0.39 is 15.9 Å². The van der Waals surface area contributed by atoms with Crippen molar-refractivity contribution in [2.45, 2.75) is 20.8 Å². The second kappa shape index (κ2) is 8.23. The highest BCUT2D eigenvalue weighted by Gasteiger charge is 2.23. The van der Waals surface area contributed by atoms with Crippen molar-refractivity contribution in [3.05, 3.63) is 59.7 Å². The predicted octanol–water partition coefficient (Wildman–Crippen LogP) is 2.63. The minimum Gasteiger partial charge on any atom is -0.286 e. The van der Waals surface area contributed by atoms with Crippen LogP contribution < -0.4 is 14.7 Å². The molecule has 7 heteroatoms. The van der Waals surface area contributed by atoms with Crippen molar-refractivity contribution in [1.29, 1.82) is 0 Å². The summed E-state index contributed by atoms with van der Waals surface area (Å²) in [6.45, 7) is 5.99. The summed E-state index contributed by atoms with van der Waals surface area (Å²) in [5.41, 5.74) is 6.04. The lowest BCUT2D eigenvalue weighted by Crippen LogP contribution is -2.48. The molecule has 6 nitrogen and oxygen atoms in total. The number of aryl methyl sites for hydroxylation is 2. The number of benzene rings is 2. The second-order valence-corrected chi connectivity index (χ2v) is 8.08. The first-order chi connectivity index (χ1) is 12.2. The molecule has 0 aliphatic rings. The van der Waals surface area contributed by atoms with Gasteiger partial charge in [-0.3, -0.25) is 19.5 Å². The first-order valence-corrected chi connectivity index (χ1v) is 10.2. The van der Waals surface area contributed by atoms with Crippen LogP contribution in [0.25, 0.3) is 0 Å². The molecular weight excluding hydrogens is 350 g/mol. The fraction of sp³-hybridized carbons (Fsp3) is 0.316. The topological polar surface area (TPSA) is 69.7 Å². The van der Waals surface area contributed by atoms with E-state index >= 15 is 0 Å². The lowest BCUT2D eigenvalue weighted by molar-refractivity contribution is -0.119. The molecule has 0 atom stereocenters. The van der Waals surface area contributed by atoms with Gasteiger partial charge in [0.1, 0.15) is 6.54 Å². The number of nitrogens with one attached hydrogen (secondary N) is 1. The van der Waals surface area contributed by atoms with Crippen molar-refractivity contribution in [2.75, 3.05) is 28.7 Å². The smallest absolute Gasteiger partial charge is 0.259 e. The summed E-state index contributed by atoms with van der Waals surface area (Å²) in [5, 5.41) is 1.69. The Bertz CT molecular complexity index is 864. The minimum atomic E-state index is -3.59. The van der Waals surface area contributed by atoms with Crippen LogP contribution in [0.15, 0.2) is 48.5 Å². The largest absolute Gasteiger partial charge is 0.286 e. The summed E-state index contributed by atoms with van der Waals surface area (Å²) in [5.74, 6) is -0.402. The van der Waals surface area contributed by atoms with Gasteiger partial charge in [0.15, 0.2) is 0 Å². The standard InChI is InChI=1S/C19H25N3O3S/c1-5-21(17-12-10-15(2)11-13-17)20-19(23)14-22(26(4,24)25)18-9-7-6-8-16(18)3/h6-13H,5,14H2,1-4H3,(H,20,23). The van der Waals surface area contributed by atoms with Crippen molar-refractivity contribution in [2.24, 2.45) is 0 Å². The Morgan fingerprint density at radius 2 is 1.65 bits per heavy atom. The SMILES string of the molecule is CCN(NC(=O)CN(c1ccccc1C)S(C)(=O)=O)c1ccc(C)cc1. The molecule has 0 aliphatic heterocycles. The third kappa shape index (κ3) is 4.98. The quantitative estimate of drug-likeness (QED) is 0.756. The number of rotatable bonds is 7. The zero-order valence-corrected chi connectivity index (χ0v) is 16.4. The van der Waals surface area contributed by atoms with Crippen LogP contribution in [0.3, 0.4) is 0 Å². The maximum atomic E-state index is 12.5. The molecule has 2 aromatic carbocycles. The van der Waals surface area contributed by atoms with E-state index in [0.717, 1.165) is 27.4 Å². The Labute approximate surface area is 155 Å². The normalized spacial score (nSPS) is 11.1. The summed E-state index contributed by atoms with van der Waals surface area (Å²) >= 11 is 0. The molecule has 0 aliphatic carbocycles. The van der Waals surface area contributed by atoms with Gasteiger partial charge in [0.2, 0.25) is 10.0 Å². The summed E-state index contributed by atoms with van der Waals surface area (Å²) in [4.78, 5) is 12.5. The molecule has 26 heavy (non-hydrogen) atoms. The number of sulfonamides is 1. The third-order valence-electron chi connectivity index (χ3n) is 3.99. The first-order valence-electron chi connectivity index (χ1n) is 8.39. The fourth-order valence-electron chi connectivity index (χ4n) is 2.59. The van der Waals surface area contributed by atoms with Crippen molar-refractivity contribution in [3.8, 4) is 0 Å². The molecule has 0 fully saturated rings. The highest BCUT2D eigenvalue weighted by atomic mass is 32.2. The third-order valence-corrected chi connectivity index (χ3v) is 5.12. The van der Waals surface area contributed by atoms with Gasteiger partial charge < -0.3 is 0 Å². The number of anilines is 2. The van der Waals surface area contributed by atoms with Crippen LogP contribution in [-0.4, -0.2) is 33.7 Å². The number of para-hydroxylation sites is 1. The average molecular weight is 375 g/mol. The Kier molecular flexibility index (Phi) is 6.26. The zero-order chi connectivity index (χ0) is 19.3. The molecule has 0 unspecified atom stereocenters. The van der Waals surface area contributed by atoms with Crippen LogP contribution >= 0.6 is 0 Å². The molecule has 0 saturated heterocycles. The Balaban J connectivity index is 2.19.